The van der Waals surface area contributed by atoms with E-state index in [0.29, 0.717) is 13.2 Å². The number of para-hydroxylation sites is 1. The molecule has 0 saturated carbocycles. The second kappa shape index (κ2) is 6.01. The largest absolute Gasteiger partial charge is 0.493 e. The van der Waals surface area contributed by atoms with Crippen LogP contribution < -0.4 is 10.5 Å². The molecule has 2 N–H and O–H groups in total. The lowest BCUT2D eigenvalue weighted by molar-refractivity contribution is 0.318. The number of nitrogens with two attached hydrogens (primary N) is 1. The van der Waals surface area contributed by atoms with Gasteiger partial charge in [-0.2, -0.15) is 0 Å². The Hall–Kier alpha value is -1.87. The Labute approximate surface area is 101 Å². The van der Waals surface area contributed by atoms with Crippen molar-refractivity contribution in [3.05, 3.63) is 59.9 Å². The van der Waals surface area contributed by atoms with Gasteiger partial charge in [0, 0.05) is 30.9 Å². The van der Waals surface area contributed by atoms with Crippen LogP contribution in [-0.2, 0) is 13.0 Å². The number of hydrogen-bond acceptors (Lipinski definition) is 3. The molecule has 0 aliphatic rings. The van der Waals surface area contributed by atoms with Gasteiger partial charge in [-0.1, -0.05) is 24.3 Å². The molecule has 0 fully saturated rings. The summed E-state index contributed by atoms with van der Waals surface area (Å²) in [6.45, 7) is 1.14. The zero-order valence-electron chi connectivity index (χ0n) is 9.67. The molecule has 2 rings (SSSR count). The number of aromatic nitrogens is 1. The Bertz CT molecular complexity index is 457. The number of hydrogen-bond donors (Lipinski definition) is 1. The van der Waals surface area contributed by atoms with Crippen LogP contribution in [0.4, 0.5) is 0 Å². The molecule has 0 amide bonds. The normalized spacial score (nSPS) is 10.2. The van der Waals surface area contributed by atoms with Crippen LogP contribution in [0.3, 0.4) is 0 Å². The van der Waals surface area contributed by atoms with E-state index in [4.69, 9.17) is 10.5 Å². The summed E-state index contributed by atoms with van der Waals surface area (Å²) < 4.78 is 5.72. The first-order valence-corrected chi connectivity index (χ1v) is 5.70. The first-order chi connectivity index (χ1) is 8.40. The van der Waals surface area contributed by atoms with Crippen molar-refractivity contribution in [2.75, 3.05) is 6.61 Å². The smallest absolute Gasteiger partial charge is 0.123 e. The fraction of sp³-hybridized carbons (Fsp3) is 0.214. The van der Waals surface area contributed by atoms with E-state index in [1.165, 1.54) is 5.56 Å². The van der Waals surface area contributed by atoms with Crippen molar-refractivity contribution in [1.82, 2.24) is 4.98 Å². The van der Waals surface area contributed by atoms with Gasteiger partial charge in [0.2, 0.25) is 0 Å². The predicted octanol–water partition coefficient (Wildman–Crippen LogP) is 2.16. The van der Waals surface area contributed by atoms with E-state index in [1.54, 1.807) is 6.20 Å². The van der Waals surface area contributed by atoms with Gasteiger partial charge >= 0.3 is 0 Å². The average Bonchev–Trinajstić information content (AvgIpc) is 2.40. The summed E-state index contributed by atoms with van der Waals surface area (Å²) in [5, 5.41) is 0. The van der Waals surface area contributed by atoms with Crippen molar-refractivity contribution < 1.29 is 4.74 Å². The second-order valence-corrected chi connectivity index (χ2v) is 3.77. The maximum atomic E-state index is 5.72. The van der Waals surface area contributed by atoms with Gasteiger partial charge in [0.15, 0.2) is 0 Å². The minimum absolute atomic E-state index is 0.503. The minimum Gasteiger partial charge on any atom is -0.493 e. The van der Waals surface area contributed by atoms with Crippen molar-refractivity contribution >= 4 is 0 Å². The van der Waals surface area contributed by atoms with Crippen LogP contribution >= 0.6 is 0 Å². The average molecular weight is 228 g/mol. The van der Waals surface area contributed by atoms with Crippen LogP contribution in [0.1, 0.15) is 11.1 Å². The molecule has 0 saturated heterocycles. The monoisotopic (exact) mass is 228 g/mol. The molecule has 0 radical (unpaired) electrons. The maximum absolute atomic E-state index is 5.72. The molecule has 0 atom stereocenters. The molecule has 0 unspecified atom stereocenters. The first-order valence-electron chi connectivity index (χ1n) is 5.70. The molecule has 1 aromatic heterocycles. The van der Waals surface area contributed by atoms with Crippen molar-refractivity contribution in [3.63, 3.8) is 0 Å². The predicted molar refractivity (Wildman–Crippen MR) is 67.8 cm³/mol. The SMILES string of the molecule is NCc1ccccc1OCCc1cccnc1. The fourth-order valence-electron chi connectivity index (χ4n) is 1.64. The molecule has 0 aliphatic carbocycles. The molecule has 3 nitrogen and oxygen atoms in total. The fourth-order valence-corrected chi connectivity index (χ4v) is 1.64. The summed E-state index contributed by atoms with van der Waals surface area (Å²) in [6.07, 6.45) is 4.49. The van der Waals surface area contributed by atoms with Crippen molar-refractivity contribution in [2.45, 2.75) is 13.0 Å². The molecule has 17 heavy (non-hydrogen) atoms. The molecule has 1 heterocycles. The number of pyridine rings is 1. The third-order valence-electron chi connectivity index (χ3n) is 2.56. The number of rotatable bonds is 5. The van der Waals surface area contributed by atoms with Crippen LogP contribution in [-0.4, -0.2) is 11.6 Å². The summed E-state index contributed by atoms with van der Waals surface area (Å²) in [7, 11) is 0. The van der Waals surface area contributed by atoms with E-state index < -0.39 is 0 Å². The lowest BCUT2D eigenvalue weighted by Crippen LogP contribution is -2.05. The Kier molecular flexibility index (Phi) is 4.11. The maximum Gasteiger partial charge on any atom is 0.123 e. The van der Waals surface area contributed by atoms with Gasteiger partial charge in [-0.25, -0.2) is 0 Å². The summed E-state index contributed by atoms with van der Waals surface area (Å²) in [5.74, 6) is 0.874. The summed E-state index contributed by atoms with van der Waals surface area (Å²) >= 11 is 0. The van der Waals surface area contributed by atoms with Crippen molar-refractivity contribution in [3.8, 4) is 5.75 Å². The van der Waals surface area contributed by atoms with Gasteiger partial charge in [-0.3, -0.25) is 4.98 Å². The van der Waals surface area contributed by atoms with Crippen LogP contribution in [0.15, 0.2) is 48.8 Å². The Morgan fingerprint density at radius 2 is 2.00 bits per heavy atom. The van der Waals surface area contributed by atoms with Crippen LogP contribution in [0.5, 0.6) is 5.75 Å². The molecule has 1 aromatic carbocycles. The van der Waals surface area contributed by atoms with Crippen LogP contribution in [0.2, 0.25) is 0 Å². The highest BCUT2D eigenvalue weighted by molar-refractivity contribution is 5.33. The first kappa shape index (κ1) is 11.6. The van der Waals surface area contributed by atoms with Crippen LogP contribution in [0, 0.1) is 0 Å². The van der Waals surface area contributed by atoms with Crippen molar-refractivity contribution in [1.29, 1.82) is 0 Å². The highest BCUT2D eigenvalue weighted by Crippen LogP contribution is 2.17. The standard InChI is InChI=1S/C14H16N2O/c15-10-13-5-1-2-6-14(13)17-9-7-12-4-3-8-16-11-12/h1-6,8,11H,7,9-10,15H2. The van der Waals surface area contributed by atoms with E-state index in [1.807, 2.05) is 42.6 Å². The zero-order chi connectivity index (χ0) is 11.9. The van der Waals surface area contributed by atoms with Gasteiger partial charge in [0.25, 0.3) is 0 Å². The molecular formula is C14H16N2O. The molecule has 3 heteroatoms. The van der Waals surface area contributed by atoms with Gasteiger partial charge in [0.1, 0.15) is 5.75 Å². The highest BCUT2D eigenvalue weighted by atomic mass is 16.5. The van der Waals surface area contributed by atoms with E-state index in [9.17, 15) is 0 Å². The highest BCUT2D eigenvalue weighted by Gasteiger charge is 2.00. The van der Waals surface area contributed by atoms with Gasteiger partial charge in [0.05, 0.1) is 6.61 Å². The zero-order valence-corrected chi connectivity index (χ0v) is 9.67. The topological polar surface area (TPSA) is 48.1 Å². The summed E-state index contributed by atoms with van der Waals surface area (Å²) in [5.41, 5.74) is 7.86. The van der Waals surface area contributed by atoms with Gasteiger partial charge < -0.3 is 10.5 Å². The third-order valence-corrected chi connectivity index (χ3v) is 2.56. The summed E-state index contributed by atoms with van der Waals surface area (Å²) in [6, 6.07) is 11.8. The number of nitrogens with zero attached hydrogens (tertiary/aromatic N) is 1. The quantitative estimate of drug-likeness (QED) is 0.853. The van der Waals surface area contributed by atoms with Crippen LogP contribution in [0.25, 0.3) is 0 Å². The molecule has 88 valence electrons. The molecule has 0 bridgehead atoms. The second-order valence-electron chi connectivity index (χ2n) is 3.77. The third kappa shape index (κ3) is 3.29. The van der Waals surface area contributed by atoms with E-state index in [0.717, 1.165) is 17.7 Å². The Morgan fingerprint density at radius 1 is 1.12 bits per heavy atom. The van der Waals surface area contributed by atoms with Gasteiger partial charge in [-0.15, -0.1) is 0 Å². The number of benzene rings is 1. The Morgan fingerprint density at radius 3 is 2.76 bits per heavy atom. The molecular weight excluding hydrogens is 212 g/mol. The van der Waals surface area contributed by atoms with Crippen molar-refractivity contribution in [2.24, 2.45) is 5.73 Å². The molecule has 0 spiro atoms. The van der Waals surface area contributed by atoms with E-state index in [-0.39, 0.29) is 0 Å². The van der Waals surface area contributed by atoms with Gasteiger partial charge in [-0.05, 0) is 17.7 Å². The molecule has 2 aromatic rings. The molecule has 0 aliphatic heterocycles. The Balaban J connectivity index is 1.90. The lowest BCUT2D eigenvalue weighted by atomic mass is 10.2. The van der Waals surface area contributed by atoms with E-state index in [2.05, 4.69) is 4.98 Å². The summed E-state index contributed by atoms with van der Waals surface area (Å²) in [4.78, 5) is 4.07. The minimum atomic E-state index is 0.503. The number of ether oxygens (including phenoxy) is 1. The lowest BCUT2D eigenvalue weighted by Gasteiger charge is -2.09. The van der Waals surface area contributed by atoms with E-state index >= 15 is 0 Å².